The van der Waals surface area contributed by atoms with Crippen LogP contribution in [-0.4, -0.2) is 16.9 Å². The van der Waals surface area contributed by atoms with Crippen molar-refractivity contribution >= 4 is 23.3 Å². The predicted molar refractivity (Wildman–Crippen MR) is 68.4 cm³/mol. The Morgan fingerprint density at radius 1 is 1.40 bits per heavy atom. The molecule has 0 aliphatic rings. The second-order valence-corrected chi connectivity index (χ2v) is 3.74. The first kappa shape index (κ1) is 14.9. The molecule has 0 bridgehead atoms. The molecule has 1 aromatic rings. The summed E-state index contributed by atoms with van der Waals surface area (Å²) < 4.78 is 0. The van der Waals surface area contributed by atoms with Crippen molar-refractivity contribution in [2.24, 2.45) is 0 Å². The zero-order valence-electron chi connectivity index (χ0n) is 10.5. The lowest BCUT2D eigenvalue weighted by atomic mass is 10.2. The molecule has 9 nitrogen and oxygen atoms in total. The Hall–Kier alpha value is -3.15. The van der Waals surface area contributed by atoms with Gasteiger partial charge in [-0.3, -0.25) is 20.3 Å². The van der Waals surface area contributed by atoms with Crippen molar-refractivity contribution in [2.45, 2.75) is 13.3 Å². The van der Waals surface area contributed by atoms with E-state index in [1.165, 1.54) is 12.1 Å². The highest BCUT2D eigenvalue weighted by Crippen LogP contribution is 2.24. The molecule has 104 valence electrons. The van der Waals surface area contributed by atoms with E-state index < -0.39 is 23.3 Å². The molecule has 1 rings (SSSR count). The van der Waals surface area contributed by atoms with Gasteiger partial charge in [0.25, 0.3) is 11.6 Å². The number of nitrogens with one attached hydrogen (secondary N) is 3. The number of nitrogens with zero attached hydrogens (tertiary/aromatic N) is 2. The summed E-state index contributed by atoms with van der Waals surface area (Å²) in [6.07, 6.45) is -0.412. The van der Waals surface area contributed by atoms with Crippen molar-refractivity contribution in [3.63, 3.8) is 0 Å². The minimum Gasteiger partial charge on any atom is -0.301 e. The smallest absolute Gasteiger partial charge is 0.301 e. The number of carbonyl (C=O) groups is 2. The van der Waals surface area contributed by atoms with E-state index in [1.807, 2.05) is 10.9 Å². The minimum absolute atomic E-state index is 0.00682. The Balaban J connectivity index is 2.69. The first-order valence-electron chi connectivity index (χ1n) is 5.42. The molecule has 3 amide bonds. The van der Waals surface area contributed by atoms with E-state index in [0.717, 1.165) is 0 Å². The standard InChI is InChI=1S/C11H11N5O4/c1-7-2-3-8(9(6-7)16(19)20)13-11(18)15-14-10(17)4-5-12/h2-3,6H,4H2,1H3,(H,14,17)(H2,13,15,18). The fourth-order valence-corrected chi connectivity index (χ4v) is 1.29. The van der Waals surface area contributed by atoms with E-state index in [9.17, 15) is 19.7 Å². The number of amides is 3. The van der Waals surface area contributed by atoms with Gasteiger partial charge in [0.15, 0.2) is 0 Å². The number of carbonyl (C=O) groups excluding carboxylic acids is 2. The zero-order chi connectivity index (χ0) is 15.1. The van der Waals surface area contributed by atoms with Crippen LogP contribution in [0.15, 0.2) is 18.2 Å². The molecule has 0 aliphatic carbocycles. The third-order valence-corrected chi connectivity index (χ3v) is 2.15. The summed E-state index contributed by atoms with van der Waals surface area (Å²) in [5.74, 6) is -0.693. The highest BCUT2D eigenvalue weighted by atomic mass is 16.6. The third kappa shape index (κ3) is 4.26. The molecule has 0 radical (unpaired) electrons. The van der Waals surface area contributed by atoms with Gasteiger partial charge in [-0.05, 0) is 18.6 Å². The van der Waals surface area contributed by atoms with E-state index >= 15 is 0 Å². The number of nitriles is 1. The van der Waals surface area contributed by atoms with E-state index in [1.54, 1.807) is 19.1 Å². The van der Waals surface area contributed by atoms with Crippen molar-refractivity contribution in [1.82, 2.24) is 10.9 Å². The topological polar surface area (TPSA) is 137 Å². The molecule has 20 heavy (non-hydrogen) atoms. The van der Waals surface area contributed by atoms with Gasteiger partial charge in [0.1, 0.15) is 12.1 Å². The number of urea groups is 1. The molecule has 0 atom stereocenters. The summed E-state index contributed by atoms with van der Waals surface area (Å²) in [6, 6.07) is 5.02. The van der Waals surface area contributed by atoms with Gasteiger partial charge in [-0.1, -0.05) is 6.07 Å². The van der Waals surface area contributed by atoms with Crippen LogP contribution in [0.5, 0.6) is 0 Å². The Kier molecular flexibility index (Phi) is 4.99. The Labute approximate surface area is 113 Å². The molecular weight excluding hydrogens is 266 g/mol. The monoisotopic (exact) mass is 277 g/mol. The molecule has 0 unspecified atom stereocenters. The molecule has 0 aliphatic heterocycles. The SMILES string of the molecule is Cc1ccc(NC(=O)NNC(=O)CC#N)c([N+](=O)[O-])c1. The number of hydrogen-bond donors (Lipinski definition) is 3. The van der Waals surface area contributed by atoms with Gasteiger partial charge >= 0.3 is 6.03 Å². The molecule has 0 saturated carbocycles. The second-order valence-electron chi connectivity index (χ2n) is 3.74. The van der Waals surface area contributed by atoms with Gasteiger partial charge in [0.05, 0.1) is 11.0 Å². The fourth-order valence-electron chi connectivity index (χ4n) is 1.29. The van der Waals surface area contributed by atoms with Crippen LogP contribution in [0.2, 0.25) is 0 Å². The summed E-state index contributed by atoms with van der Waals surface area (Å²) in [4.78, 5) is 32.6. The van der Waals surface area contributed by atoms with Gasteiger partial charge in [-0.2, -0.15) is 5.26 Å². The van der Waals surface area contributed by atoms with Gasteiger partial charge in [-0.25, -0.2) is 10.2 Å². The number of nitro benzene ring substituents is 1. The maximum Gasteiger partial charge on any atom is 0.338 e. The van der Waals surface area contributed by atoms with Gasteiger partial charge in [0.2, 0.25) is 0 Å². The molecule has 1 aromatic carbocycles. The van der Waals surface area contributed by atoms with Crippen LogP contribution in [-0.2, 0) is 4.79 Å². The minimum atomic E-state index is -0.858. The largest absolute Gasteiger partial charge is 0.338 e. The van der Waals surface area contributed by atoms with Gasteiger partial charge < -0.3 is 5.32 Å². The van der Waals surface area contributed by atoms with Gasteiger partial charge in [-0.15, -0.1) is 0 Å². The number of nitro groups is 1. The van der Waals surface area contributed by atoms with Crippen molar-refractivity contribution in [2.75, 3.05) is 5.32 Å². The van der Waals surface area contributed by atoms with Crippen molar-refractivity contribution in [3.05, 3.63) is 33.9 Å². The highest BCUT2D eigenvalue weighted by Gasteiger charge is 2.16. The molecular formula is C11H11N5O4. The first-order chi connectivity index (χ1) is 9.43. The lowest BCUT2D eigenvalue weighted by molar-refractivity contribution is -0.384. The lowest BCUT2D eigenvalue weighted by Crippen LogP contribution is -2.43. The maximum atomic E-state index is 11.4. The summed E-state index contributed by atoms with van der Waals surface area (Å²) in [5, 5.41) is 21.3. The van der Waals surface area contributed by atoms with Crippen molar-refractivity contribution in [1.29, 1.82) is 5.26 Å². The zero-order valence-corrected chi connectivity index (χ0v) is 10.5. The normalized spacial score (nSPS) is 9.20. The quantitative estimate of drug-likeness (QED) is 0.558. The average Bonchev–Trinajstić information content (AvgIpc) is 2.38. The Morgan fingerprint density at radius 3 is 2.70 bits per heavy atom. The third-order valence-electron chi connectivity index (χ3n) is 2.15. The number of hydrogen-bond acceptors (Lipinski definition) is 5. The van der Waals surface area contributed by atoms with Crippen LogP contribution in [0.4, 0.5) is 16.2 Å². The number of hydrazine groups is 1. The van der Waals surface area contributed by atoms with Gasteiger partial charge in [0, 0.05) is 6.07 Å². The fraction of sp³-hybridized carbons (Fsp3) is 0.182. The van der Waals surface area contributed by atoms with Crippen molar-refractivity contribution < 1.29 is 14.5 Å². The second kappa shape index (κ2) is 6.69. The van der Waals surface area contributed by atoms with Crippen LogP contribution in [0.3, 0.4) is 0 Å². The van der Waals surface area contributed by atoms with Crippen molar-refractivity contribution in [3.8, 4) is 6.07 Å². The van der Waals surface area contributed by atoms with Crippen LogP contribution >= 0.6 is 0 Å². The summed E-state index contributed by atoms with van der Waals surface area (Å²) >= 11 is 0. The van der Waals surface area contributed by atoms with Crippen LogP contribution < -0.4 is 16.2 Å². The Bertz CT molecular complexity index is 593. The summed E-state index contributed by atoms with van der Waals surface area (Å²) in [5.41, 5.74) is 4.35. The molecule has 3 N–H and O–H groups in total. The molecule has 0 saturated heterocycles. The highest BCUT2D eigenvalue weighted by molar-refractivity contribution is 5.93. The molecule has 9 heteroatoms. The number of benzene rings is 1. The number of rotatable bonds is 3. The van der Waals surface area contributed by atoms with Crippen LogP contribution in [0, 0.1) is 28.4 Å². The number of aryl methyl sites for hydroxylation is 1. The average molecular weight is 277 g/mol. The summed E-state index contributed by atoms with van der Waals surface area (Å²) in [7, 11) is 0. The molecule has 0 heterocycles. The van der Waals surface area contributed by atoms with Crippen LogP contribution in [0.1, 0.15) is 12.0 Å². The van der Waals surface area contributed by atoms with E-state index in [-0.39, 0.29) is 11.4 Å². The molecule has 0 fully saturated rings. The predicted octanol–water partition coefficient (Wildman–Crippen LogP) is 0.970. The summed E-state index contributed by atoms with van der Waals surface area (Å²) in [6.45, 7) is 1.68. The molecule has 0 aromatic heterocycles. The number of anilines is 1. The van der Waals surface area contributed by atoms with E-state index in [2.05, 4.69) is 5.32 Å². The maximum absolute atomic E-state index is 11.4. The molecule has 0 spiro atoms. The lowest BCUT2D eigenvalue weighted by Gasteiger charge is -2.08. The first-order valence-corrected chi connectivity index (χ1v) is 5.42. The van der Waals surface area contributed by atoms with Crippen LogP contribution in [0.25, 0.3) is 0 Å². The Morgan fingerprint density at radius 2 is 2.10 bits per heavy atom. The van der Waals surface area contributed by atoms with E-state index in [4.69, 9.17) is 5.26 Å². The van der Waals surface area contributed by atoms with E-state index in [0.29, 0.717) is 5.56 Å².